The lowest BCUT2D eigenvalue weighted by Gasteiger charge is -2.44. The van der Waals surface area contributed by atoms with Gasteiger partial charge in [-0.25, -0.2) is 9.37 Å². The number of benzene rings is 7. The lowest BCUT2D eigenvalue weighted by atomic mass is 9.99. The van der Waals surface area contributed by atoms with Gasteiger partial charge in [0.05, 0.1) is 22.4 Å². The lowest BCUT2D eigenvalue weighted by molar-refractivity contribution is 0.402. The number of nitrogens with zero attached hydrogens (tertiary/aromatic N) is 4. The summed E-state index contributed by atoms with van der Waals surface area (Å²) in [5.41, 5.74) is 7.99. The molecule has 7 aromatic carbocycles. The highest BCUT2D eigenvalue weighted by Crippen LogP contribution is 2.45. The zero-order chi connectivity index (χ0) is 39.3. The van der Waals surface area contributed by atoms with E-state index < -0.39 is 14.2 Å². The smallest absolute Gasteiger partial charge is 0.186 e. The third-order valence-corrected chi connectivity index (χ3v) is 16.6. The van der Waals surface area contributed by atoms with E-state index in [4.69, 9.17) is 4.98 Å². The van der Waals surface area contributed by atoms with Crippen molar-refractivity contribution < 1.29 is 4.39 Å². The van der Waals surface area contributed by atoms with Crippen molar-refractivity contribution in [3.8, 4) is 16.9 Å². The van der Waals surface area contributed by atoms with Crippen LogP contribution in [0.3, 0.4) is 0 Å². The van der Waals surface area contributed by atoms with Gasteiger partial charge in [-0.05, 0) is 86.5 Å². The Balaban J connectivity index is 1.23. The standard InChI is InChI=1S/C53H37FN4Si/c54-50(38-18-14-17-37(35-38)46-28-12-13-33-55-46)39-19-15-22-41(36-39)58-52-48(32-31-45-44-27-10-11-29-47(44)57(51(45)52)40-20-4-1-5-21-40)59(42-23-6-2-7-24-42,43-25-8-3-9-26-43)49-30-16-34-56-53(49)58/h1-36,50H. The van der Waals surface area contributed by atoms with E-state index in [1.54, 1.807) is 6.20 Å². The minimum absolute atomic E-state index is 0.565. The van der Waals surface area contributed by atoms with Gasteiger partial charge in [-0.2, -0.15) is 0 Å². The molecule has 4 nitrogen and oxygen atoms in total. The first-order chi connectivity index (χ1) is 29.2. The number of alkyl halides is 1. The van der Waals surface area contributed by atoms with Crippen LogP contribution < -0.4 is 25.6 Å². The van der Waals surface area contributed by atoms with Gasteiger partial charge in [-0.15, -0.1) is 0 Å². The molecule has 0 amide bonds. The summed E-state index contributed by atoms with van der Waals surface area (Å²) in [6.45, 7) is 0. The van der Waals surface area contributed by atoms with Crippen molar-refractivity contribution in [2.24, 2.45) is 0 Å². The maximum Gasteiger partial charge on any atom is 0.186 e. The monoisotopic (exact) mass is 776 g/mol. The van der Waals surface area contributed by atoms with Crippen molar-refractivity contribution in [2.45, 2.75) is 6.17 Å². The lowest BCUT2D eigenvalue weighted by Crippen LogP contribution is -2.77. The topological polar surface area (TPSA) is 34.0 Å². The molecular formula is C53H37FN4Si. The van der Waals surface area contributed by atoms with E-state index in [1.165, 1.54) is 20.7 Å². The Hall–Kier alpha value is -7.41. The van der Waals surface area contributed by atoms with Gasteiger partial charge >= 0.3 is 0 Å². The minimum atomic E-state index is -3.07. The summed E-state index contributed by atoms with van der Waals surface area (Å²) in [4.78, 5) is 12.2. The third-order valence-electron chi connectivity index (χ3n) is 11.8. The Morgan fingerprint density at radius 3 is 1.86 bits per heavy atom. The van der Waals surface area contributed by atoms with Crippen molar-refractivity contribution >= 4 is 67.8 Å². The van der Waals surface area contributed by atoms with E-state index in [-0.39, 0.29) is 0 Å². The number of hydrogen-bond acceptors (Lipinski definition) is 3. The van der Waals surface area contributed by atoms with Crippen LogP contribution in [0.25, 0.3) is 38.8 Å². The quantitative estimate of drug-likeness (QED) is 0.151. The molecule has 0 aliphatic carbocycles. The largest absolute Gasteiger partial charge is 0.307 e. The van der Waals surface area contributed by atoms with Crippen molar-refractivity contribution in [3.05, 3.63) is 230 Å². The first-order valence-electron chi connectivity index (χ1n) is 20.0. The number of hydrogen-bond donors (Lipinski definition) is 0. The van der Waals surface area contributed by atoms with Crippen LogP contribution in [0.4, 0.5) is 21.6 Å². The molecule has 1 aliphatic rings. The van der Waals surface area contributed by atoms with Crippen molar-refractivity contribution in [3.63, 3.8) is 0 Å². The van der Waals surface area contributed by atoms with Gasteiger partial charge in [0, 0.05) is 40.1 Å². The van der Waals surface area contributed by atoms with Gasteiger partial charge in [-0.1, -0.05) is 152 Å². The van der Waals surface area contributed by atoms with Gasteiger partial charge in [0.15, 0.2) is 14.2 Å². The molecule has 0 fully saturated rings. The van der Waals surface area contributed by atoms with Crippen LogP contribution in [0.2, 0.25) is 0 Å². The van der Waals surface area contributed by atoms with E-state index in [2.05, 4.69) is 160 Å². The molecule has 0 radical (unpaired) electrons. The third kappa shape index (κ3) is 5.48. The Morgan fingerprint density at radius 2 is 1.12 bits per heavy atom. The molecule has 6 heteroatoms. The zero-order valence-corrected chi connectivity index (χ0v) is 33.0. The zero-order valence-electron chi connectivity index (χ0n) is 32.0. The molecule has 1 aliphatic heterocycles. The number of anilines is 3. The molecule has 59 heavy (non-hydrogen) atoms. The van der Waals surface area contributed by atoms with E-state index >= 15 is 4.39 Å². The highest BCUT2D eigenvalue weighted by molar-refractivity contribution is 7.21. The highest BCUT2D eigenvalue weighted by atomic mass is 28.3. The molecule has 1 atom stereocenters. The predicted molar refractivity (Wildman–Crippen MR) is 243 cm³/mol. The first-order valence-corrected chi connectivity index (χ1v) is 22.0. The van der Waals surface area contributed by atoms with Crippen molar-refractivity contribution in [1.82, 2.24) is 14.5 Å². The van der Waals surface area contributed by atoms with Gasteiger partial charge in [0.2, 0.25) is 0 Å². The summed E-state index contributed by atoms with van der Waals surface area (Å²) >= 11 is 0. The van der Waals surface area contributed by atoms with Gasteiger partial charge in [-0.3, -0.25) is 9.88 Å². The van der Waals surface area contributed by atoms with Crippen LogP contribution in [0.5, 0.6) is 0 Å². The Bertz CT molecular complexity index is 3090. The van der Waals surface area contributed by atoms with Crippen LogP contribution in [-0.2, 0) is 0 Å². The number of pyridine rings is 2. The number of fused-ring (bicyclic) bond motifs is 6. The second-order valence-corrected chi connectivity index (χ2v) is 18.8. The van der Waals surface area contributed by atoms with Gasteiger partial charge in [0.1, 0.15) is 5.82 Å². The molecule has 4 heterocycles. The number of halogens is 1. The summed E-state index contributed by atoms with van der Waals surface area (Å²) in [5, 5.41) is 7.27. The van der Waals surface area contributed by atoms with Gasteiger partial charge < -0.3 is 4.57 Å². The highest BCUT2D eigenvalue weighted by Gasteiger charge is 2.50. The number of rotatable bonds is 7. The molecule has 0 bridgehead atoms. The molecular weight excluding hydrogens is 740 g/mol. The molecule has 0 saturated heterocycles. The molecule has 11 rings (SSSR count). The molecule has 10 aromatic rings. The van der Waals surface area contributed by atoms with Crippen LogP contribution >= 0.6 is 0 Å². The van der Waals surface area contributed by atoms with E-state index in [1.807, 2.05) is 66.9 Å². The average molecular weight is 777 g/mol. The van der Waals surface area contributed by atoms with Crippen molar-refractivity contribution in [2.75, 3.05) is 4.90 Å². The van der Waals surface area contributed by atoms with Gasteiger partial charge in [0.25, 0.3) is 0 Å². The van der Waals surface area contributed by atoms with E-state index in [0.717, 1.165) is 55.9 Å². The summed E-state index contributed by atoms with van der Waals surface area (Å²) in [5.74, 6) is 0.849. The summed E-state index contributed by atoms with van der Waals surface area (Å²) in [7, 11) is -3.07. The summed E-state index contributed by atoms with van der Waals surface area (Å²) in [6, 6.07) is 71.7. The average Bonchev–Trinajstić information content (AvgIpc) is 3.66. The molecule has 0 spiro atoms. The predicted octanol–water partition coefficient (Wildman–Crippen LogP) is 10.5. The second-order valence-electron chi connectivity index (χ2n) is 15.0. The normalized spacial score (nSPS) is 13.5. The fraction of sp³-hybridized carbons (Fsp3) is 0.0189. The second kappa shape index (κ2) is 14.2. The number of aromatic nitrogens is 3. The van der Waals surface area contributed by atoms with E-state index in [0.29, 0.717) is 11.1 Å². The van der Waals surface area contributed by atoms with Crippen molar-refractivity contribution in [1.29, 1.82) is 0 Å². The Morgan fingerprint density at radius 1 is 0.475 bits per heavy atom. The van der Waals surface area contributed by atoms with E-state index in [9.17, 15) is 0 Å². The molecule has 0 N–H and O–H groups in total. The SMILES string of the molecule is FC(c1cccc(-c2ccccn2)c1)c1cccc(N2c3ncccc3[Si](c3ccccc3)(c3ccccc3)c3ccc4c5ccccc5n(-c5ccccc5)c4c32)c1. The van der Waals surface area contributed by atoms with Crippen LogP contribution in [0.15, 0.2) is 219 Å². The fourth-order valence-electron chi connectivity index (χ4n) is 9.35. The van der Waals surface area contributed by atoms with Crippen LogP contribution in [0.1, 0.15) is 17.3 Å². The number of para-hydroxylation sites is 2. The van der Waals surface area contributed by atoms with Crippen LogP contribution in [-0.4, -0.2) is 22.6 Å². The maximum absolute atomic E-state index is 17.1. The maximum atomic E-state index is 17.1. The fourth-order valence-corrected chi connectivity index (χ4v) is 14.4. The minimum Gasteiger partial charge on any atom is -0.307 e. The summed E-state index contributed by atoms with van der Waals surface area (Å²) in [6.07, 6.45) is 2.28. The first kappa shape index (κ1) is 34.8. The summed E-state index contributed by atoms with van der Waals surface area (Å²) < 4.78 is 19.5. The molecule has 0 saturated carbocycles. The molecule has 3 aromatic heterocycles. The Labute approximate surface area is 343 Å². The Kier molecular flexibility index (Phi) is 8.38. The van der Waals surface area contributed by atoms with Crippen LogP contribution in [0, 0.1) is 0 Å². The molecule has 1 unspecified atom stereocenters. The molecule has 280 valence electrons.